The maximum atomic E-state index is 11.2. The number of hydrogen-bond acceptors (Lipinski definition) is 4. The molecule has 1 rings (SSSR count). The van der Waals surface area contributed by atoms with E-state index in [9.17, 15) is 14.4 Å². The fourth-order valence-corrected chi connectivity index (χ4v) is 2.19. The molecule has 0 spiro atoms. The van der Waals surface area contributed by atoms with Crippen LogP contribution >= 0.6 is 27.7 Å². The van der Waals surface area contributed by atoms with Crippen LogP contribution in [0.5, 0.6) is 0 Å². The van der Waals surface area contributed by atoms with Crippen molar-refractivity contribution < 1.29 is 14.4 Å². The number of hydrogen-bond donors (Lipinski definition) is 1. The van der Waals surface area contributed by atoms with E-state index in [4.69, 9.17) is 0 Å². The molecule has 15 heavy (non-hydrogen) atoms. The third-order valence-corrected chi connectivity index (χ3v) is 3.07. The minimum Gasteiger partial charge on any atom is -0.354 e. The van der Waals surface area contributed by atoms with E-state index in [-0.39, 0.29) is 29.4 Å². The molecule has 0 saturated carbocycles. The van der Waals surface area contributed by atoms with Crippen molar-refractivity contribution in [2.24, 2.45) is 0 Å². The number of halogens is 1. The molecule has 5 nitrogen and oxygen atoms in total. The number of imide groups is 1. The predicted octanol–water partition coefficient (Wildman–Crippen LogP) is 0.583. The summed E-state index contributed by atoms with van der Waals surface area (Å²) in [6.45, 7) is 0.586. The number of nitrogens with zero attached hydrogens (tertiary/aromatic N) is 1. The molecule has 1 heterocycles. The largest absolute Gasteiger partial charge is 0.354 e. The highest BCUT2D eigenvalue weighted by molar-refractivity contribution is 9.09. The summed E-state index contributed by atoms with van der Waals surface area (Å²) < 4.78 is 0. The van der Waals surface area contributed by atoms with E-state index in [2.05, 4.69) is 21.2 Å². The second-order valence-corrected chi connectivity index (χ2v) is 4.61. The maximum absolute atomic E-state index is 11.2. The number of carbonyl (C=O) groups is 3. The van der Waals surface area contributed by atoms with Crippen LogP contribution in [0.15, 0.2) is 0 Å². The second kappa shape index (κ2) is 6.12. The molecule has 84 valence electrons. The van der Waals surface area contributed by atoms with E-state index in [1.165, 1.54) is 4.90 Å². The minimum atomic E-state index is -0.227. The third kappa shape index (κ3) is 3.83. The standard InChI is InChI=1S/C8H11BrN2O3S/c9-2-1-6(12)10-3-4-11-7(13)5-15-8(11)14/h1-5H2,(H,10,12). The Balaban J connectivity index is 2.22. The van der Waals surface area contributed by atoms with Crippen molar-refractivity contribution in [3.05, 3.63) is 0 Å². The van der Waals surface area contributed by atoms with Crippen molar-refractivity contribution in [1.29, 1.82) is 0 Å². The van der Waals surface area contributed by atoms with Crippen molar-refractivity contribution in [2.75, 3.05) is 24.2 Å². The molecule has 0 atom stereocenters. The number of amides is 3. The predicted molar refractivity (Wildman–Crippen MR) is 61.0 cm³/mol. The van der Waals surface area contributed by atoms with Crippen LogP contribution < -0.4 is 5.32 Å². The van der Waals surface area contributed by atoms with Crippen LogP contribution in [0.1, 0.15) is 6.42 Å². The topological polar surface area (TPSA) is 66.5 Å². The van der Waals surface area contributed by atoms with Crippen LogP contribution in [0.2, 0.25) is 0 Å². The summed E-state index contributed by atoms with van der Waals surface area (Å²) in [5.74, 6) is -0.0490. The lowest BCUT2D eigenvalue weighted by Crippen LogP contribution is -2.37. The van der Waals surface area contributed by atoms with Gasteiger partial charge in [-0.15, -0.1) is 0 Å². The van der Waals surface area contributed by atoms with E-state index >= 15 is 0 Å². The normalized spacial score (nSPS) is 15.9. The minimum absolute atomic E-state index is 0.0846. The average molecular weight is 295 g/mol. The summed E-state index contributed by atoms with van der Waals surface area (Å²) in [5.41, 5.74) is 0. The fourth-order valence-electron chi connectivity index (χ4n) is 1.08. The molecule has 7 heteroatoms. The zero-order valence-corrected chi connectivity index (χ0v) is 10.4. The molecule has 3 amide bonds. The molecule has 0 aromatic heterocycles. The Hall–Kier alpha value is -0.560. The summed E-state index contributed by atoms with van der Waals surface area (Å²) in [4.78, 5) is 34.5. The summed E-state index contributed by atoms with van der Waals surface area (Å²) in [6, 6.07) is 0. The molecule has 0 radical (unpaired) electrons. The van der Waals surface area contributed by atoms with Gasteiger partial charge < -0.3 is 5.32 Å². The number of nitrogens with one attached hydrogen (secondary N) is 1. The first-order valence-electron chi connectivity index (χ1n) is 4.45. The molecule has 1 saturated heterocycles. The zero-order valence-electron chi connectivity index (χ0n) is 7.99. The van der Waals surface area contributed by atoms with Gasteiger partial charge in [0, 0.05) is 24.8 Å². The fraction of sp³-hybridized carbons (Fsp3) is 0.625. The molecule has 0 aromatic carbocycles. The Bertz CT molecular complexity index is 269. The van der Waals surface area contributed by atoms with Gasteiger partial charge in [0.25, 0.3) is 5.24 Å². The summed E-state index contributed by atoms with van der Waals surface area (Å²) in [6.07, 6.45) is 0.399. The van der Waals surface area contributed by atoms with E-state index in [0.717, 1.165) is 11.8 Å². The van der Waals surface area contributed by atoms with Gasteiger partial charge in [0.15, 0.2) is 0 Å². The Morgan fingerprint density at radius 1 is 1.53 bits per heavy atom. The SMILES string of the molecule is O=C(CCBr)NCCN1C(=O)CSC1=O. The Morgan fingerprint density at radius 2 is 2.27 bits per heavy atom. The highest BCUT2D eigenvalue weighted by Crippen LogP contribution is 2.17. The monoisotopic (exact) mass is 294 g/mol. The van der Waals surface area contributed by atoms with E-state index in [1.807, 2.05) is 0 Å². The highest BCUT2D eigenvalue weighted by atomic mass is 79.9. The van der Waals surface area contributed by atoms with Crippen molar-refractivity contribution in [1.82, 2.24) is 10.2 Å². The molecule has 0 aliphatic carbocycles. The van der Waals surface area contributed by atoms with Gasteiger partial charge in [-0.2, -0.15) is 0 Å². The van der Waals surface area contributed by atoms with Gasteiger partial charge in [-0.25, -0.2) is 0 Å². The number of alkyl halides is 1. The highest BCUT2D eigenvalue weighted by Gasteiger charge is 2.29. The second-order valence-electron chi connectivity index (χ2n) is 2.89. The van der Waals surface area contributed by atoms with Gasteiger partial charge in [-0.3, -0.25) is 19.3 Å². The quantitative estimate of drug-likeness (QED) is 0.754. The first-order chi connectivity index (χ1) is 7.15. The van der Waals surface area contributed by atoms with E-state index < -0.39 is 0 Å². The smallest absolute Gasteiger partial charge is 0.288 e. The van der Waals surface area contributed by atoms with Gasteiger partial charge in [-0.05, 0) is 0 Å². The first-order valence-corrected chi connectivity index (χ1v) is 6.55. The van der Waals surface area contributed by atoms with Crippen LogP contribution in [-0.2, 0) is 9.59 Å². The molecule has 1 N–H and O–H groups in total. The first kappa shape index (κ1) is 12.5. The van der Waals surface area contributed by atoms with Crippen molar-refractivity contribution in [2.45, 2.75) is 6.42 Å². The molecule has 0 bridgehead atoms. The number of thioether (sulfide) groups is 1. The zero-order chi connectivity index (χ0) is 11.3. The van der Waals surface area contributed by atoms with Gasteiger partial charge in [0.1, 0.15) is 0 Å². The van der Waals surface area contributed by atoms with Gasteiger partial charge in [0.05, 0.1) is 5.75 Å². The van der Waals surface area contributed by atoms with Gasteiger partial charge >= 0.3 is 0 Å². The summed E-state index contributed by atoms with van der Waals surface area (Å²) in [5, 5.41) is 3.01. The van der Waals surface area contributed by atoms with Crippen LogP contribution in [0, 0.1) is 0 Å². The van der Waals surface area contributed by atoms with Crippen LogP contribution in [0.3, 0.4) is 0 Å². The lowest BCUT2D eigenvalue weighted by molar-refractivity contribution is -0.125. The lowest BCUT2D eigenvalue weighted by atomic mass is 10.4. The molecule has 1 aliphatic heterocycles. The van der Waals surface area contributed by atoms with Crippen molar-refractivity contribution in [3.63, 3.8) is 0 Å². The van der Waals surface area contributed by atoms with Crippen LogP contribution in [-0.4, -0.2) is 46.1 Å². The molecular formula is C8H11BrN2O3S. The Kier molecular flexibility index (Phi) is 5.10. The molecule has 1 aliphatic rings. The third-order valence-electron chi connectivity index (χ3n) is 1.82. The average Bonchev–Trinajstić information content (AvgIpc) is 2.49. The van der Waals surface area contributed by atoms with Crippen molar-refractivity contribution >= 4 is 44.7 Å². The summed E-state index contributed by atoms with van der Waals surface area (Å²) >= 11 is 4.14. The number of carbonyl (C=O) groups excluding carboxylic acids is 3. The maximum Gasteiger partial charge on any atom is 0.288 e. The van der Waals surface area contributed by atoms with Crippen LogP contribution in [0.25, 0.3) is 0 Å². The number of rotatable bonds is 5. The lowest BCUT2D eigenvalue weighted by Gasteiger charge is -2.12. The van der Waals surface area contributed by atoms with Crippen LogP contribution in [0.4, 0.5) is 4.79 Å². The summed E-state index contributed by atoms with van der Waals surface area (Å²) in [7, 11) is 0. The molecule has 0 aromatic rings. The van der Waals surface area contributed by atoms with Gasteiger partial charge in [0.2, 0.25) is 11.8 Å². The molecular weight excluding hydrogens is 284 g/mol. The molecule has 0 unspecified atom stereocenters. The Morgan fingerprint density at radius 3 is 2.80 bits per heavy atom. The van der Waals surface area contributed by atoms with E-state index in [0.29, 0.717) is 18.3 Å². The molecule has 1 fully saturated rings. The van der Waals surface area contributed by atoms with Gasteiger partial charge in [-0.1, -0.05) is 27.7 Å². The van der Waals surface area contributed by atoms with Crippen molar-refractivity contribution in [3.8, 4) is 0 Å². The Labute approximate surface area is 100 Å². The van der Waals surface area contributed by atoms with E-state index in [1.54, 1.807) is 0 Å².